The highest BCUT2D eigenvalue weighted by molar-refractivity contribution is 7.09. The number of carbonyl (C=O) groups is 1. The first-order valence-corrected chi connectivity index (χ1v) is 6.49. The lowest BCUT2D eigenvalue weighted by molar-refractivity contribution is 0.0934. The number of aromatic nitrogens is 3. The number of nitrogens with two attached hydrogens (primary N) is 1. The van der Waals surface area contributed by atoms with Crippen LogP contribution in [-0.4, -0.2) is 20.9 Å². The average molecular weight is 278 g/mol. The number of anilines is 1. The standard InChI is InChI=1S/C11H14N6OS/c1-6-5-19-11(15-6)7(2)16-10(18)8-3-14-9(17-12)4-13-8/h3-5,7H,12H2,1-2H3,(H,14,17)(H,16,18). The Kier molecular flexibility index (Phi) is 4.03. The van der Waals surface area contributed by atoms with Gasteiger partial charge in [-0.05, 0) is 13.8 Å². The molecule has 0 aliphatic carbocycles. The quantitative estimate of drug-likeness (QED) is 0.569. The minimum Gasteiger partial charge on any atom is -0.342 e. The largest absolute Gasteiger partial charge is 0.342 e. The summed E-state index contributed by atoms with van der Waals surface area (Å²) in [6, 6.07) is -0.166. The van der Waals surface area contributed by atoms with Crippen molar-refractivity contribution in [3.8, 4) is 0 Å². The van der Waals surface area contributed by atoms with E-state index in [9.17, 15) is 4.79 Å². The molecule has 0 spiro atoms. The Hall–Kier alpha value is -2.06. The fraction of sp³-hybridized carbons (Fsp3) is 0.273. The van der Waals surface area contributed by atoms with Crippen LogP contribution in [0.15, 0.2) is 17.8 Å². The normalized spacial score (nSPS) is 11.9. The zero-order valence-electron chi connectivity index (χ0n) is 10.5. The van der Waals surface area contributed by atoms with Crippen molar-refractivity contribution in [3.05, 3.63) is 34.2 Å². The number of amides is 1. The third-order valence-electron chi connectivity index (χ3n) is 2.39. The monoisotopic (exact) mass is 278 g/mol. The van der Waals surface area contributed by atoms with E-state index in [1.54, 1.807) is 0 Å². The number of nitrogen functional groups attached to an aromatic ring is 1. The fourth-order valence-corrected chi connectivity index (χ4v) is 2.23. The van der Waals surface area contributed by atoms with E-state index in [4.69, 9.17) is 5.84 Å². The first-order valence-electron chi connectivity index (χ1n) is 5.61. The number of rotatable bonds is 4. The van der Waals surface area contributed by atoms with Crippen molar-refractivity contribution in [2.75, 3.05) is 5.43 Å². The summed E-state index contributed by atoms with van der Waals surface area (Å²) >= 11 is 1.51. The SMILES string of the molecule is Cc1csc(C(C)NC(=O)c2cnc(NN)cn2)n1. The number of aryl methyl sites for hydroxylation is 1. The molecule has 0 aromatic carbocycles. The van der Waals surface area contributed by atoms with E-state index in [-0.39, 0.29) is 17.6 Å². The maximum absolute atomic E-state index is 11.9. The number of thiazole rings is 1. The zero-order chi connectivity index (χ0) is 13.8. The lowest BCUT2D eigenvalue weighted by Crippen LogP contribution is -2.27. The molecule has 8 heteroatoms. The van der Waals surface area contributed by atoms with Gasteiger partial charge in [0.15, 0.2) is 5.82 Å². The van der Waals surface area contributed by atoms with Gasteiger partial charge in [0.05, 0.1) is 18.4 Å². The topological polar surface area (TPSA) is 106 Å². The van der Waals surface area contributed by atoms with E-state index >= 15 is 0 Å². The minimum atomic E-state index is -0.295. The summed E-state index contributed by atoms with van der Waals surface area (Å²) in [6.07, 6.45) is 2.76. The Balaban J connectivity index is 2.03. The Morgan fingerprint density at radius 1 is 1.42 bits per heavy atom. The summed E-state index contributed by atoms with van der Waals surface area (Å²) in [4.78, 5) is 24.2. The van der Waals surface area contributed by atoms with Crippen LogP contribution in [0, 0.1) is 6.92 Å². The van der Waals surface area contributed by atoms with Gasteiger partial charge in [-0.15, -0.1) is 11.3 Å². The molecule has 0 saturated carbocycles. The van der Waals surface area contributed by atoms with Crippen molar-refractivity contribution in [2.45, 2.75) is 19.9 Å². The summed E-state index contributed by atoms with van der Waals surface area (Å²) in [5.41, 5.74) is 3.53. The molecule has 2 rings (SSSR count). The Morgan fingerprint density at radius 2 is 2.21 bits per heavy atom. The van der Waals surface area contributed by atoms with Crippen LogP contribution < -0.4 is 16.6 Å². The molecular weight excluding hydrogens is 264 g/mol. The first-order chi connectivity index (χ1) is 9.10. The number of nitrogens with one attached hydrogen (secondary N) is 2. The third kappa shape index (κ3) is 3.24. The Bertz CT molecular complexity index is 567. The predicted octanol–water partition coefficient (Wildman–Crippen LogP) is 1.02. The van der Waals surface area contributed by atoms with Crippen molar-refractivity contribution in [1.82, 2.24) is 20.3 Å². The molecule has 0 radical (unpaired) electrons. The molecule has 0 saturated heterocycles. The van der Waals surface area contributed by atoms with E-state index in [1.807, 2.05) is 19.2 Å². The molecule has 0 fully saturated rings. The van der Waals surface area contributed by atoms with Crippen LogP contribution in [0.2, 0.25) is 0 Å². The van der Waals surface area contributed by atoms with Crippen LogP contribution in [0.3, 0.4) is 0 Å². The minimum absolute atomic E-state index is 0.166. The van der Waals surface area contributed by atoms with Gasteiger partial charge in [0, 0.05) is 11.1 Å². The van der Waals surface area contributed by atoms with Crippen molar-refractivity contribution < 1.29 is 4.79 Å². The molecule has 0 aliphatic rings. The number of nitrogens with zero attached hydrogens (tertiary/aromatic N) is 3. The molecule has 7 nitrogen and oxygen atoms in total. The molecule has 2 aromatic rings. The highest BCUT2D eigenvalue weighted by atomic mass is 32.1. The van der Waals surface area contributed by atoms with Gasteiger partial charge in [-0.2, -0.15) is 0 Å². The fourth-order valence-electron chi connectivity index (χ4n) is 1.42. The van der Waals surface area contributed by atoms with Gasteiger partial charge in [-0.25, -0.2) is 20.8 Å². The van der Waals surface area contributed by atoms with E-state index in [1.165, 1.54) is 23.7 Å². The van der Waals surface area contributed by atoms with Crippen molar-refractivity contribution in [2.24, 2.45) is 5.84 Å². The van der Waals surface area contributed by atoms with Gasteiger partial charge in [-0.3, -0.25) is 4.79 Å². The second kappa shape index (κ2) is 5.72. The smallest absolute Gasteiger partial charge is 0.272 e. The molecule has 100 valence electrons. The van der Waals surface area contributed by atoms with E-state index in [2.05, 4.69) is 25.7 Å². The maximum Gasteiger partial charge on any atom is 0.272 e. The average Bonchev–Trinajstić information content (AvgIpc) is 2.85. The van der Waals surface area contributed by atoms with Gasteiger partial charge in [0.2, 0.25) is 0 Å². The van der Waals surface area contributed by atoms with Crippen LogP contribution in [0.25, 0.3) is 0 Å². The second-order valence-electron chi connectivity index (χ2n) is 3.95. The molecule has 4 N–H and O–H groups in total. The number of hydrazine groups is 1. The van der Waals surface area contributed by atoms with Crippen LogP contribution >= 0.6 is 11.3 Å². The third-order valence-corrected chi connectivity index (χ3v) is 3.53. The molecule has 2 heterocycles. The molecule has 1 unspecified atom stereocenters. The van der Waals surface area contributed by atoms with Crippen molar-refractivity contribution >= 4 is 23.1 Å². The van der Waals surface area contributed by atoms with Gasteiger partial charge >= 0.3 is 0 Å². The summed E-state index contributed by atoms with van der Waals surface area (Å²) in [5, 5.41) is 5.62. The lowest BCUT2D eigenvalue weighted by atomic mass is 10.3. The summed E-state index contributed by atoms with van der Waals surface area (Å²) < 4.78 is 0. The predicted molar refractivity (Wildman–Crippen MR) is 72.6 cm³/mol. The number of hydrogen-bond donors (Lipinski definition) is 3. The molecule has 1 atom stereocenters. The van der Waals surface area contributed by atoms with Crippen molar-refractivity contribution in [3.63, 3.8) is 0 Å². The van der Waals surface area contributed by atoms with E-state index in [0.29, 0.717) is 5.82 Å². The van der Waals surface area contributed by atoms with Crippen LogP contribution in [0.4, 0.5) is 5.82 Å². The number of hydrogen-bond acceptors (Lipinski definition) is 7. The van der Waals surface area contributed by atoms with Crippen molar-refractivity contribution in [1.29, 1.82) is 0 Å². The Labute approximate surface area is 114 Å². The van der Waals surface area contributed by atoms with Gasteiger partial charge in [-0.1, -0.05) is 0 Å². The van der Waals surface area contributed by atoms with Gasteiger partial charge < -0.3 is 10.7 Å². The molecule has 19 heavy (non-hydrogen) atoms. The summed E-state index contributed by atoms with van der Waals surface area (Å²) in [6.45, 7) is 3.79. The van der Waals surface area contributed by atoms with E-state index < -0.39 is 0 Å². The van der Waals surface area contributed by atoms with Crippen LogP contribution in [0.5, 0.6) is 0 Å². The molecule has 2 aromatic heterocycles. The van der Waals surface area contributed by atoms with Crippen LogP contribution in [-0.2, 0) is 0 Å². The first kappa shape index (κ1) is 13.4. The maximum atomic E-state index is 11.9. The highest BCUT2D eigenvalue weighted by Crippen LogP contribution is 2.17. The van der Waals surface area contributed by atoms with Crippen LogP contribution in [0.1, 0.15) is 34.2 Å². The lowest BCUT2D eigenvalue weighted by Gasteiger charge is -2.10. The zero-order valence-corrected chi connectivity index (χ0v) is 11.4. The summed E-state index contributed by atoms with van der Waals surface area (Å²) in [5.74, 6) is 5.28. The molecule has 1 amide bonds. The van der Waals surface area contributed by atoms with E-state index in [0.717, 1.165) is 10.7 Å². The molecular formula is C11H14N6OS. The Morgan fingerprint density at radius 3 is 2.74 bits per heavy atom. The molecule has 0 bridgehead atoms. The molecule has 0 aliphatic heterocycles. The van der Waals surface area contributed by atoms with Gasteiger partial charge in [0.25, 0.3) is 5.91 Å². The number of carbonyl (C=O) groups excluding carboxylic acids is 1. The highest BCUT2D eigenvalue weighted by Gasteiger charge is 2.15. The second-order valence-corrected chi connectivity index (χ2v) is 4.84. The van der Waals surface area contributed by atoms with Gasteiger partial charge in [0.1, 0.15) is 10.7 Å². The summed E-state index contributed by atoms with van der Waals surface area (Å²) in [7, 11) is 0.